The van der Waals surface area contributed by atoms with Crippen molar-refractivity contribution in [3.8, 4) is 0 Å². The van der Waals surface area contributed by atoms with E-state index in [4.69, 9.17) is 0 Å². The molecule has 3 nitrogen and oxygen atoms in total. The van der Waals surface area contributed by atoms with E-state index in [0.29, 0.717) is 18.8 Å². The van der Waals surface area contributed by atoms with Gasteiger partial charge in [-0.05, 0) is 49.8 Å². The predicted octanol–water partition coefficient (Wildman–Crippen LogP) is 4.28. The van der Waals surface area contributed by atoms with E-state index in [0.717, 1.165) is 29.4 Å². The number of aliphatic carboxylic acids is 1. The Bertz CT molecular complexity index is 453. The molecule has 19 heavy (non-hydrogen) atoms. The van der Waals surface area contributed by atoms with Crippen LogP contribution in [-0.2, 0) is 4.79 Å². The van der Waals surface area contributed by atoms with Crippen LogP contribution in [0.5, 0.6) is 0 Å². The van der Waals surface area contributed by atoms with Crippen molar-refractivity contribution in [2.24, 2.45) is 5.92 Å². The number of rotatable bonds is 4. The van der Waals surface area contributed by atoms with Crippen LogP contribution < -0.4 is 5.32 Å². The highest BCUT2D eigenvalue weighted by molar-refractivity contribution is 9.10. The van der Waals surface area contributed by atoms with Crippen molar-refractivity contribution in [2.45, 2.75) is 44.6 Å². The lowest BCUT2D eigenvalue weighted by atomic mass is 9.75. The van der Waals surface area contributed by atoms with E-state index >= 15 is 0 Å². The molecule has 4 heteroatoms. The summed E-state index contributed by atoms with van der Waals surface area (Å²) in [5, 5.41) is 12.9. The average Bonchev–Trinajstić information content (AvgIpc) is 2.39. The van der Waals surface area contributed by atoms with E-state index < -0.39 is 11.5 Å². The number of hydrogen-bond donors (Lipinski definition) is 2. The minimum atomic E-state index is -0.799. The molecule has 1 aliphatic carbocycles. The fourth-order valence-electron chi connectivity index (χ4n) is 2.81. The number of hydrogen-bond acceptors (Lipinski definition) is 2. The number of carbonyl (C=O) groups is 1. The second kappa shape index (κ2) is 5.95. The Balaban J connectivity index is 2.15. The molecule has 104 valence electrons. The Morgan fingerprint density at radius 1 is 1.47 bits per heavy atom. The summed E-state index contributed by atoms with van der Waals surface area (Å²) in [7, 11) is 0. The van der Waals surface area contributed by atoms with Gasteiger partial charge in [0.05, 0.1) is 0 Å². The van der Waals surface area contributed by atoms with Crippen LogP contribution in [-0.4, -0.2) is 16.6 Å². The summed E-state index contributed by atoms with van der Waals surface area (Å²) in [5.41, 5.74) is 0.0682. The number of benzene rings is 1. The predicted molar refractivity (Wildman–Crippen MR) is 80.4 cm³/mol. The van der Waals surface area contributed by atoms with Crippen molar-refractivity contribution < 1.29 is 9.90 Å². The first-order valence-corrected chi connectivity index (χ1v) is 7.62. The molecular weight excluding hydrogens is 306 g/mol. The SMILES string of the molecule is CCC1CCC(Nc2cccc(Br)c2)(C(=O)O)CC1. The molecule has 0 unspecified atom stereocenters. The summed E-state index contributed by atoms with van der Waals surface area (Å²) in [6.07, 6.45) is 4.53. The largest absolute Gasteiger partial charge is 0.480 e. The van der Waals surface area contributed by atoms with Gasteiger partial charge >= 0.3 is 5.97 Å². The molecule has 0 atom stereocenters. The van der Waals surface area contributed by atoms with Crippen molar-refractivity contribution in [2.75, 3.05) is 5.32 Å². The first kappa shape index (κ1) is 14.4. The first-order chi connectivity index (χ1) is 9.05. The molecule has 0 radical (unpaired) electrons. The van der Waals surface area contributed by atoms with E-state index in [2.05, 4.69) is 28.2 Å². The smallest absolute Gasteiger partial charge is 0.329 e. The molecule has 0 aliphatic heterocycles. The van der Waals surface area contributed by atoms with Gasteiger partial charge in [0, 0.05) is 10.2 Å². The standard InChI is InChI=1S/C15H20BrNO2/c1-2-11-6-8-15(9-7-11,14(18)19)17-13-5-3-4-12(16)10-13/h3-5,10-11,17H,2,6-9H2,1H3,(H,18,19). The zero-order valence-electron chi connectivity index (χ0n) is 11.2. The van der Waals surface area contributed by atoms with Gasteiger partial charge in [0.1, 0.15) is 5.54 Å². The van der Waals surface area contributed by atoms with E-state index in [1.165, 1.54) is 0 Å². The van der Waals surface area contributed by atoms with Gasteiger partial charge in [-0.1, -0.05) is 35.3 Å². The van der Waals surface area contributed by atoms with E-state index in [1.54, 1.807) is 0 Å². The highest BCUT2D eigenvalue weighted by Crippen LogP contribution is 2.36. The van der Waals surface area contributed by atoms with Crippen LogP contribution in [0.3, 0.4) is 0 Å². The Morgan fingerprint density at radius 3 is 2.68 bits per heavy atom. The molecule has 1 saturated carbocycles. The van der Waals surface area contributed by atoms with E-state index in [9.17, 15) is 9.90 Å². The summed E-state index contributed by atoms with van der Waals surface area (Å²) >= 11 is 3.41. The normalized spacial score (nSPS) is 26.9. The van der Waals surface area contributed by atoms with Crippen molar-refractivity contribution >= 4 is 27.6 Å². The third kappa shape index (κ3) is 3.30. The van der Waals surface area contributed by atoms with Gasteiger partial charge in [-0.15, -0.1) is 0 Å². The zero-order valence-corrected chi connectivity index (χ0v) is 12.7. The summed E-state index contributed by atoms with van der Waals surface area (Å²) in [6.45, 7) is 2.18. The molecule has 0 heterocycles. The van der Waals surface area contributed by atoms with Crippen LogP contribution >= 0.6 is 15.9 Å². The number of halogens is 1. The van der Waals surface area contributed by atoms with Crippen LogP contribution in [0.4, 0.5) is 5.69 Å². The number of anilines is 1. The van der Waals surface area contributed by atoms with Gasteiger partial charge in [-0.3, -0.25) is 0 Å². The zero-order chi connectivity index (χ0) is 13.9. The second-order valence-corrected chi connectivity index (χ2v) is 6.29. The van der Waals surface area contributed by atoms with Crippen LogP contribution in [0, 0.1) is 5.92 Å². The topological polar surface area (TPSA) is 49.3 Å². The first-order valence-electron chi connectivity index (χ1n) is 6.83. The van der Waals surface area contributed by atoms with E-state index in [1.807, 2.05) is 24.3 Å². The van der Waals surface area contributed by atoms with Crippen LogP contribution in [0.15, 0.2) is 28.7 Å². The molecule has 0 saturated heterocycles. The number of carboxylic acids is 1. The summed E-state index contributed by atoms with van der Waals surface area (Å²) in [5.74, 6) is -0.0567. The Morgan fingerprint density at radius 2 is 2.16 bits per heavy atom. The molecule has 1 aromatic carbocycles. The van der Waals surface area contributed by atoms with Crippen molar-refractivity contribution in [3.63, 3.8) is 0 Å². The van der Waals surface area contributed by atoms with Gasteiger partial charge in [-0.2, -0.15) is 0 Å². The molecule has 0 aromatic heterocycles. The maximum absolute atomic E-state index is 11.7. The third-order valence-corrected chi connectivity index (χ3v) is 4.65. The summed E-state index contributed by atoms with van der Waals surface area (Å²) in [4.78, 5) is 11.7. The highest BCUT2D eigenvalue weighted by atomic mass is 79.9. The minimum Gasteiger partial charge on any atom is -0.480 e. The van der Waals surface area contributed by atoms with Crippen molar-refractivity contribution in [1.29, 1.82) is 0 Å². The minimum absolute atomic E-state index is 0.678. The molecule has 2 rings (SSSR count). The maximum atomic E-state index is 11.7. The Hall–Kier alpha value is -1.03. The fourth-order valence-corrected chi connectivity index (χ4v) is 3.21. The number of nitrogens with one attached hydrogen (secondary N) is 1. The molecule has 0 bridgehead atoms. The molecule has 2 N–H and O–H groups in total. The highest BCUT2D eigenvalue weighted by Gasteiger charge is 2.41. The molecule has 1 fully saturated rings. The fraction of sp³-hybridized carbons (Fsp3) is 0.533. The second-order valence-electron chi connectivity index (χ2n) is 5.37. The van der Waals surface area contributed by atoms with Gasteiger partial charge in [-0.25, -0.2) is 4.79 Å². The van der Waals surface area contributed by atoms with Crippen molar-refractivity contribution in [1.82, 2.24) is 0 Å². The van der Waals surface area contributed by atoms with Gasteiger partial charge in [0.2, 0.25) is 0 Å². The van der Waals surface area contributed by atoms with Crippen LogP contribution in [0.25, 0.3) is 0 Å². The molecular formula is C15H20BrNO2. The van der Waals surface area contributed by atoms with Gasteiger partial charge in [0.25, 0.3) is 0 Å². The third-order valence-electron chi connectivity index (χ3n) is 4.15. The monoisotopic (exact) mass is 325 g/mol. The molecule has 1 aliphatic rings. The van der Waals surface area contributed by atoms with Crippen molar-refractivity contribution in [3.05, 3.63) is 28.7 Å². The number of carboxylic acid groups (broad SMARTS) is 1. The molecule has 0 spiro atoms. The van der Waals surface area contributed by atoms with Gasteiger partial charge < -0.3 is 10.4 Å². The quantitative estimate of drug-likeness (QED) is 0.868. The summed E-state index contributed by atoms with van der Waals surface area (Å²) in [6, 6.07) is 7.70. The van der Waals surface area contributed by atoms with Crippen LogP contribution in [0.2, 0.25) is 0 Å². The average molecular weight is 326 g/mol. The molecule has 1 aromatic rings. The maximum Gasteiger partial charge on any atom is 0.329 e. The van der Waals surface area contributed by atoms with Crippen LogP contribution in [0.1, 0.15) is 39.0 Å². The Kier molecular flexibility index (Phi) is 4.50. The lowest BCUT2D eigenvalue weighted by Crippen LogP contribution is -2.49. The van der Waals surface area contributed by atoms with E-state index in [-0.39, 0.29) is 0 Å². The Labute approximate surface area is 122 Å². The summed E-state index contributed by atoms with van der Waals surface area (Å²) < 4.78 is 0.959. The lowest BCUT2D eigenvalue weighted by molar-refractivity contribution is -0.143. The lowest BCUT2D eigenvalue weighted by Gasteiger charge is -2.38. The van der Waals surface area contributed by atoms with Gasteiger partial charge in [0.15, 0.2) is 0 Å². The molecule has 0 amide bonds.